The number of hydrogen-bond donors (Lipinski definition) is 1. The smallest absolute Gasteiger partial charge is 0.0579 e. The number of carboxylic acid groups (broad SMARTS) is 1. The summed E-state index contributed by atoms with van der Waals surface area (Å²) in [4.78, 5) is 9.46. The summed E-state index contributed by atoms with van der Waals surface area (Å²) in [6.07, 6.45) is 14.0. The molecule has 0 fully saturated rings. The van der Waals surface area contributed by atoms with Gasteiger partial charge in [0.15, 0.2) is 0 Å². The first kappa shape index (κ1) is 16.9. The number of rotatable bonds is 1. The van der Waals surface area contributed by atoms with E-state index in [-0.39, 0.29) is 19.5 Å². The van der Waals surface area contributed by atoms with Crippen molar-refractivity contribution in [2.24, 2.45) is 5.73 Å². The molecule has 0 heterocycles. The van der Waals surface area contributed by atoms with Crippen LogP contribution >= 0.6 is 0 Å². The van der Waals surface area contributed by atoms with Gasteiger partial charge in [0.25, 0.3) is 0 Å². The molecule has 1 rings (SSSR count). The third-order valence-electron chi connectivity index (χ3n) is 1.71. The van der Waals surface area contributed by atoms with Crippen LogP contribution in [0.1, 0.15) is 32.6 Å². The minimum absolute atomic E-state index is 0. The molecule has 3 nitrogen and oxygen atoms in total. The summed E-state index contributed by atoms with van der Waals surface area (Å²) in [5.41, 5.74) is 4.77. The third kappa shape index (κ3) is 13.5. The Kier molecular flexibility index (Phi) is 13.1. The van der Waals surface area contributed by atoms with Gasteiger partial charge in [0.1, 0.15) is 0 Å². The van der Waals surface area contributed by atoms with Crippen molar-refractivity contribution in [3.05, 3.63) is 24.3 Å². The molecule has 2 N–H and O–H groups in total. The van der Waals surface area contributed by atoms with E-state index in [1.807, 2.05) is 0 Å². The van der Waals surface area contributed by atoms with Gasteiger partial charge in [0.05, 0.1) is 5.97 Å². The average Bonchev–Trinajstić information content (AvgIpc) is 2.03. The third-order valence-corrected chi connectivity index (χ3v) is 1.71. The van der Waals surface area contributed by atoms with Gasteiger partial charge < -0.3 is 15.6 Å². The maximum Gasteiger partial charge on any atom is 0.0579 e. The molecular weight excluding hydrogens is 281 g/mol. The molecule has 4 heteroatoms. The quantitative estimate of drug-likeness (QED) is 0.574. The predicted molar refractivity (Wildman–Crippen MR) is 55.4 cm³/mol. The molecule has 15 heavy (non-hydrogen) atoms. The molecule has 0 saturated carbocycles. The first-order valence-corrected chi connectivity index (χ1v) is 4.91. The van der Waals surface area contributed by atoms with E-state index in [4.69, 9.17) is 5.73 Å². The van der Waals surface area contributed by atoms with E-state index in [1.54, 1.807) is 0 Å². The molecule has 89 valence electrons. The fourth-order valence-corrected chi connectivity index (χ4v) is 0.856. The molecule has 1 radical (unpaired) electrons. The molecule has 0 saturated heterocycles. The number of hydrogen-bond acceptors (Lipinski definition) is 3. The molecule has 1 aliphatic carbocycles. The minimum Gasteiger partial charge on any atom is -0.548 e. The van der Waals surface area contributed by atoms with Crippen molar-refractivity contribution < 1.29 is 29.4 Å². The normalized spacial score (nSPS) is 20.4. The van der Waals surface area contributed by atoms with E-state index in [2.05, 4.69) is 24.3 Å². The van der Waals surface area contributed by atoms with Crippen molar-refractivity contribution in [3.8, 4) is 0 Å². The molecule has 0 amide bonds. The summed E-state index contributed by atoms with van der Waals surface area (Å²) in [7, 11) is 0. The zero-order chi connectivity index (χ0) is 10.8. The SMILES string of the molecule is C1=C\CC/C=C\CC/1.C[C@@H](N)C(=O)[O-].[Rh]. The fraction of sp³-hybridized carbons (Fsp3) is 0.545. The summed E-state index contributed by atoms with van der Waals surface area (Å²) in [6, 6.07) is -0.843. The van der Waals surface area contributed by atoms with Crippen LogP contribution in [0, 0.1) is 0 Å². The minimum atomic E-state index is -1.21. The number of aliphatic carboxylic acids is 1. The van der Waals surface area contributed by atoms with Crippen molar-refractivity contribution in [1.82, 2.24) is 0 Å². The van der Waals surface area contributed by atoms with Crippen molar-refractivity contribution in [2.75, 3.05) is 0 Å². The van der Waals surface area contributed by atoms with Crippen molar-refractivity contribution in [2.45, 2.75) is 38.6 Å². The van der Waals surface area contributed by atoms with Crippen molar-refractivity contribution in [1.29, 1.82) is 0 Å². The zero-order valence-electron chi connectivity index (χ0n) is 8.94. The van der Waals surface area contributed by atoms with Gasteiger partial charge in [-0.2, -0.15) is 0 Å². The number of carbonyl (C=O) groups excluding carboxylic acids is 1. The van der Waals surface area contributed by atoms with Gasteiger partial charge in [-0.1, -0.05) is 24.3 Å². The van der Waals surface area contributed by atoms with E-state index in [0.717, 1.165) is 0 Å². The van der Waals surface area contributed by atoms with Crippen LogP contribution in [0.5, 0.6) is 0 Å². The molecule has 1 aliphatic rings. The standard InChI is InChI=1S/C8H12.C3H7NO2.Rh/c1-2-4-6-8-7-5-3-1;1-2(4)3(5)6;/h1-2,7-8H,3-6H2;2H,4H2,1H3,(H,5,6);/p-1/b2-1-,8-7-;;/t;2-;/m.1./s1. The molecule has 0 spiro atoms. The molecule has 0 aromatic rings. The Labute approximate surface area is 104 Å². The molecular formula is C11H18NO2Rh-. The number of carbonyl (C=O) groups is 1. The molecule has 0 aliphatic heterocycles. The van der Waals surface area contributed by atoms with Crippen LogP contribution < -0.4 is 10.8 Å². The van der Waals surface area contributed by atoms with Gasteiger partial charge in [0.2, 0.25) is 0 Å². The topological polar surface area (TPSA) is 66.2 Å². The Morgan fingerprint density at radius 2 is 1.33 bits per heavy atom. The van der Waals surface area contributed by atoms with E-state index < -0.39 is 12.0 Å². The van der Waals surface area contributed by atoms with Gasteiger partial charge >= 0.3 is 0 Å². The van der Waals surface area contributed by atoms with Gasteiger partial charge in [-0.3, -0.25) is 0 Å². The summed E-state index contributed by atoms with van der Waals surface area (Å²) in [6.45, 7) is 1.36. The van der Waals surface area contributed by atoms with Crippen LogP contribution in [0.2, 0.25) is 0 Å². The largest absolute Gasteiger partial charge is 0.548 e. The van der Waals surface area contributed by atoms with E-state index in [9.17, 15) is 9.90 Å². The van der Waals surface area contributed by atoms with E-state index in [1.165, 1.54) is 32.6 Å². The van der Waals surface area contributed by atoms with E-state index in [0.29, 0.717) is 0 Å². The molecule has 0 unspecified atom stereocenters. The fourth-order valence-electron chi connectivity index (χ4n) is 0.856. The Bertz CT molecular complexity index is 187. The number of carboxylic acids is 1. The average molecular weight is 299 g/mol. The summed E-state index contributed by atoms with van der Waals surface area (Å²) in [5, 5.41) is 9.46. The van der Waals surface area contributed by atoms with Gasteiger partial charge in [-0.05, 0) is 32.6 Å². The van der Waals surface area contributed by atoms with Crippen LogP contribution in [-0.2, 0) is 24.3 Å². The second-order valence-corrected chi connectivity index (χ2v) is 3.21. The Morgan fingerprint density at radius 3 is 1.47 bits per heavy atom. The van der Waals surface area contributed by atoms with Crippen LogP contribution in [0.25, 0.3) is 0 Å². The van der Waals surface area contributed by atoms with Gasteiger partial charge in [0, 0.05) is 25.5 Å². The number of nitrogens with two attached hydrogens (primary N) is 1. The summed E-state index contributed by atoms with van der Waals surface area (Å²) >= 11 is 0. The Morgan fingerprint density at radius 1 is 1.13 bits per heavy atom. The van der Waals surface area contributed by atoms with Crippen molar-refractivity contribution in [3.63, 3.8) is 0 Å². The molecule has 0 aromatic carbocycles. The summed E-state index contributed by atoms with van der Waals surface area (Å²) in [5.74, 6) is -1.21. The van der Waals surface area contributed by atoms with Crippen molar-refractivity contribution >= 4 is 5.97 Å². The van der Waals surface area contributed by atoms with Crippen LogP contribution in [0.4, 0.5) is 0 Å². The Balaban J connectivity index is 0. The Hall–Kier alpha value is -0.467. The van der Waals surface area contributed by atoms with Gasteiger partial charge in [-0.15, -0.1) is 0 Å². The molecule has 1 atom stereocenters. The molecule has 0 aromatic heterocycles. The first-order valence-electron chi connectivity index (χ1n) is 4.91. The molecule has 0 bridgehead atoms. The van der Waals surface area contributed by atoms with Gasteiger partial charge in [-0.25, -0.2) is 0 Å². The van der Waals surface area contributed by atoms with Crippen LogP contribution in [0.3, 0.4) is 0 Å². The number of allylic oxidation sites excluding steroid dienone is 4. The maximum absolute atomic E-state index is 9.46. The first-order chi connectivity index (χ1) is 6.64. The van der Waals surface area contributed by atoms with E-state index >= 15 is 0 Å². The zero-order valence-corrected chi connectivity index (χ0v) is 10.6. The second kappa shape index (κ2) is 11.6. The monoisotopic (exact) mass is 299 g/mol. The maximum atomic E-state index is 9.46. The van der Waals surface area contributed by atoms with Crippen LogP contribution in [-0.4, -0.2) is 12.0 Å². The summed E-state index contributed by atoms with van der Waals surface area (Å²) < 4.78 is 0. The predicted octanol–water partition coefficient (Wildman–Crippen LogP) is 0.754. The second-order valence-electron chi connectivity index (χ2n) is 3.21. The van der Waals surface area contributed by atoms with Crippen LogP contribution in [0.15, 0.2) is 24.3 Å².